The van der Waals surface area contributed by atoms with Gasteiger partial charge in [-0.3, -0.25) is 19.6 Å². The summed E-state index contributed by atoms with van der Waals surface area (Å²) in [6, 6.07) is 15.2. The number of H-pyrrole nitrogens is 1. The van der Waals surface area contributed by atoms with Crippen LogP contribution >= 0.6 is 0 Å². The summed E-state index contributed by atoms with van der Waals surface area (Å²) in [6.07, 6.45) is 12.3. The number of hydrogen-bond donors (Lipinski definition) is 3. The lowest BCUT2D eigenvalue weighted by atomic mass is 10.0. The Morgan fingerprint density at radius 3 is 3.03 bits per heavy atom. The number of benzene rings is 2. The average molecular weight is 456 g/mol. The quantitative estimate of drug-likeness (QED) is 0.212. The third kappa shape index (κ3) is 4.66. The van der Waals surface area contributed by atoms with E-state index < -0.39 is 5.91 Å². The molecule has 1 aliphatic rings. The molecular weight excluding hydrogens is 426 g/mol. The normalized spacial score (nSPS) is 15.4. The number of fused-ring (bicyclic) bond motifs is 2. The first-order valence-corrected chi connectivity index (χ1v) is 11.6. The molecule has 0 saturated carbocycles. The van der Waals surface area contributed by atoms with E-state index in [-0.39, 0.29) is 0 Å². The van der Waals surface area contributed by atoms with Crippen molar-refractivity contribution < 1.29 is 10.0 Å². The number of para-hydroxylation sites is 1. The highest BCUT2D eigenvalue weighted by atomic mass is 16.5. The van der Waals surface area contributed by atoms with Gasteiger partial charge in [-0.2, -0.15) is 5.10 Å². The van der Waals surface area contributed by atoms with Crippen LogP contribution in [0.15, 0.2) is 67.1 Å². The summed E-state index contributed by atoms with van der Waals surface area (Å²) in [5.41, 5.74) is 8.99. The first kappa shape index (κ1) is 22.1. The molecule has 5 rings (SSSR count). The molecule has 0 saturated heterocycles. The summed E-state index contributed by atoms with van der Waals surface area (Å²) in [4.78, 5) is 17.3. The molecule has 2 aromatic carbocycles. The van der Waals surface area contributed by atoms with Crippen molar-refractivity contribution >= 4 is 22.9 Å². The summed E-state index contributed by atoms with van der Waals surface area (Å²) in [6.45, 7) is 1.79. The van der Waals surface area contributed by atoms with Crippen molar-refractivity contribution in [3.63, 3.8) is 0 Å². The molecule has 1 aliphatic carbocycles. The summed E-state index contributed by atoms with van der Waals surface area (Å²) >= 11 is 0. The van der Waals surface area contributed by atoms with Crippen molar-refractivity contribution in [2.24, 2.45) is 7.05 Å². The van der Waals surface area contributed by atoms with Gasteiger partial charge >= 0.3 is 0 Å². The lowest BCUT2D eigenvalue weighted by Crippen LogP contribution is -2.29. The van der Waals surface area contributed by atoms with Gasteiger partial charge in [0.05, 0.1) is 6.20 Å². The second kappa shape index (κ2) is 9.67. The number of carbonyl (C=O) groups excluding carboxylic acids is 1. The van der Waals surface area contributed by atoms with Crippen LogP contribution in [-0.4, -0.2) is 37.3 Å². The van der Waals surface area contributed by atoms with E-state index in [1.165, 1.54) is 39.2 Å². The van der Waals surface area contributed by atoms with Crippen LogP contribution in [0.1, 0.15) is 40.3 Å². The van der Waals surface area contributed by atoms with E-state index in [0.29, 0.717) is 6.04 Å². The van der Waals surface area contributed by atoms with Crippen LogP contribution in [0.2, 0.25) is 0 Å². The van der Waals surface area contributed by atoms with Gasteiger partial charge in [0.25, 0.3) is 5.91 Å². The fraction of sp³-hybridized carbons (Fsp3) is 0.259. The smallest absolute Gasteiger partial charge is 0.267 e. The van der Waals surface area contributed by atoms with Crippen LogP contribution in [0.5, 0.6) is 0 Å². The maximum atomic E-state index is 11.3. The number of nitrogens with zero attached hydrogens (tertiary/aromatic N) is 3. The second-order valence-electron chi connectivity index (χ2n) is 8.92. The molecule has 0 radical (unpaired) electrons. The van der Waals surface area contributed by atoms with Crippen molar-refractivity contribution in [1.29, 1.82) is 0 Å². The molecule has 4 aromatic rings. The van der Waals surface area contributed by atoms with Crippen molar-refractivity contribution in [1.82, 2.24) is 25.1 Å². The van der Waals surface area contributed by atoms with Gasteiger partial charge in [-0.25, -0.2) is 5.48 Å². The molecule has 7 nitrogen and oxygen atoms in total. The van der Waals surface area contributed by atoms with Gasteiger partial charge in [-0.15, -0.1) is 0 Å². The standard InChI is InChI=1S/C27H29N5O2/c1-31-17-20(15-29-31)18-32(13-12-22-16-28-25-5-3-2-4-23(22)25)26-10-8-21-14-19(6-9-24(21)26)7-11-27(33)30-34/h2-7,9,11,14-17,26,28,34H,8,10,12-13,18H2,1H3,(H,30,33)/b11-7+. The zero-order chi connectivity index (χ0) is 23.5. The molecule has 1 atom stereocenters. The first-order chi connectivity index (χ1) is 16.6. The summed E-state index contributed by atoms with van der Waals surface area (Å²) in [5.74, 6) is -0.529. The van der Waals surface area contributed by atoms with Crippen molar-refractivity contribution in [3.05, 3.63) is 94.9 Å². The van der Waals surface area contributed by atoms with Gasteiger partial charge in [0.15, 0.2) is 0 Å². The highest BCUT2D eigenvalue weighted by molar-refractivity contribution is 5.90. The van der Waals surface area contributed by atoms with Gasteiger partial charge in [-0.1, -0.05) is 36.4 Å². The number of amides is 1. The Morgan fingerprint density at radius 1 is 1.32 bits per heavy atom. The molecule has 174 valence electrons. The Kier molecular flexibility index (Phi) is 6.29. The van der Waals surface area contributed by atoms with Crippen molar-refractivity contribution in [2.75, 3.05) is 6.54 Å². The molecule has 0 aliphatic heterocycles. The van der Waals surface area contributed by atoms with Crippen LogP contribution in [0, 0.1) is 0 Å². The number of aromatic amines is 1. The molecule has 34 heavy (non-hydrogen) atoms. The lowest BCUT2D eigenvalue weighted by molar-refractivity contribution is -0.124. The molecule has 2 aromatic heterocycles. The van der Waals surface area contributed by atoms with Crippen molar-refractivity contribution in [3.8, 4) is 0 Å². The maximum absolute atomic E-state index is 11.3. The molecule has 3 N–H and O–H groups in total. The highest BCUT2D eigenvalue weighted by Gasteiger charge is 2.28. The van der Waals surface area contributed by atoms with Crippen LogP contribution in [0.3, 0.4) is 0 Å². The van der Waals surface area contributed by atoms with E-state index in [4.69, 9.17) is 5.21 Å². The number of rotatable bonds is 8. The van der Waals surface area contributed by atoms with E-state index in [1.54, 1.807) is 11.6 Å². The highest BCUT2D eigenvalue weighted by Crippen LogP contribution is 2.37. The molecule has 0 bridgehead atoms. The number of nitrogens with one attached hydrogen (secondary N) is 2. The summed E-state index contributed by atoms with van der Waals surface area (Å²) < 4.78 is 1.86. The Bertz CT molecular complexity index is 1340. The minimum absolute atomic E-state index is 0.333. The Labute approximate surface area is 198 Å². The van der Waals surface area contributed by atoms with Crippen LogP contribution < -0.4 is 5.48 Å². The number of aromatic nitrogens is 3. The number of hydroxylamine groups is 1. The van der Waals surface area contributed by atoms with E-state index in [9.17, 15) is 4.79 Å². The van der Waals surface area contributed by atoms with E-state index >= 15 is 0 Å². The molecule has 7 heteroatoms. The molecule has 1 amide bonds. The zero-order valence-electron chi connectivity index (χ0n) is 19.2. The molecule has 0 fully saturated rings. The molecule has 1 unspecified atom stereocenters. The predicted octanol–water partition coefficient (Wildman–Crippen LogP) is 4.15. The number of carbonyl (C=O) groups is 1. The van der Waals surface area contributed by atoms with E-state index in [1.807, 2.05) is 24.0 Å². The van der Waals surface area contributed by atoms with Gasteiger partial charge in [0, 0.05) is 61.1 Å². The fourth-order valence-electron chi connectivity index (χ4n) is 5.04. The van der Waals surface area contributed by atoms with E-state index in [2.05, 4.69) is 63.8 Å². The zero-order valence-corrected chi connectivity index (χ0v) is 19.2. The van der Waals surface area contributed by atoms with Gasteiger partial charge in [0.2, 0.25) is 0 Å². The molecule has 0 spiro atoms. The van der Waals surface area contributed by atoms with Gasteiger partial charge in [0.1, 0.15) is 0 Å². The SMILES string of the molecule is Cn1cc(CN(CCc2c[nH]c3ccccc23)C2CCc3cc(/C=C/C(=O)NO)ccc32)cn1. The fourth-order valence-corrected chi connectivity index (χ4v) is 5.04. The molecule has 2 heterocycles. The Morgan fingerprint density at radius 2 is 2.21 bits per heavy atom. The van der Waals surface area contributed by atoms with Crippen LogP contribution in [0.25, 0.3) is 17.0 Å². The number of aryl methyl sites for hydroxylation is 2. The second-order valence-corrected chi connectivity index (χ2v) is 8.92. The first-order valence-electron chi connectivity index (χ1n) is 11.6. The average Bonchev–Trinajstić information content (AvgIpc) is 3.58. The van der Waals surface area contributed by atoms with E-state index in [0.717, 1.165) is 37.9 Å². The predicted molar refractivity (Wildman–Crippen MR) is 132 cm³/mol. The topological polar surface area (TPSA) is 86.2 Å². The van der Waals surface area contributed by atoms with Crippen LogP contribution in [0.4, 0.5) is 0 Å². The van der Waals surface area contributed by atoms with Gasteiger partial charge in [-0.05, 0) is 53.7 Å². The largest absolute Gasteiger partial charge is 0.361 e. The minimum Gasteiger partial charge on any atom is -0.361 e. The monoisotopic (exact) mass is 455 g/mol. The summed E-state index contributed by atoms with van der Waals surface area (Å²) in [7, 11) is 1.96. The Balaban J connectivity index is 1.38. The van der Waals surface area contributed by atoms with Gasteiger partial charge < -0.3 is 4.98 Å². The molecular formula is C27H29N5O2. The van der Waals surface area contributed by atoms with Crippen molar-refractivity contribution in [2.45, 2.75) is 31.8 Å². The third-order valence-corrected chi connectivity index (χ3v) is 6.68. The summed E-state index contributed by atoms with van der Waals surface area (Å²) in [5, 5.41) is 14.4. The third-order valence-electron chi connectivity index (χ3n) is 6.68. The minimum atomic E-state index is -0.529. The maximum Gasteiger partial charge on any atom is 0.267 e. The number of hydrogen-bond acceptors (Lipinski definition) is 4. The van der Waals surface area contributed by atoms with Crippen LogP contribution in [-0.2, 0) is 31.2 Å². The lowest BCUT2D eigenvalue weighted by Gasteiger charge is -2.29. The Hall–Kier alpha value is -3.68.